The molecule has 0 atom stereocenters. The lowest BCUT2D eigenvalue weighted by Crippen LogP contribution is -1.98. The topological polar surface area (TPSA) is 80.9 Å². The molecule has 7 nitrogen and oxygen atoms in total. The predicted octanol–water partition coefficient (Wildman–Crippen LogP) is 2.32. The normalized spacial score (nSPS) is 10.7. The van der Waals surface area contributed by atoms with Gasteiger partial charge >= 0.3 is 0 Å². The van der Waals surface area contributed by atoms with Crippen LogP contribution in [-0.2, 0) is 0 Å². The van der Waals surface area contributed by atoms with Crippen molar-refractivity contribution in [2.45, 2.75) is 0 Å². The van der Waals surface area contributed by atoms with E-state index in [2.05, 4.69) is 30.5 Å². The van der Waals surface area contributed by atoms with Crippen LogP contribution in [0.5, 0.6) is 0 Å². The van der Waals surface area contributed by atoms with E-state index in [9.17, 15) is 0 Å². The van der Waals surface area contributed by atoms with Gasteiger partial charge in [-0.1, -0.05) is 0 Å². The zero-order chi connectivity index (χ0) is 14.8. The first-order valence-corrected chi connectivity index (χ1v) is 6.70. The molecule has 0 aliphatic carbocycles. The Morgan fingerprint density at radius 1 is 0.909 bits per heavy atom. The van der Waals surface area contributed by atoms with Crippen molar-refractivity contribution in [2.75, 3.05) is 5.32 Å². The molecule has 4 aromatic rings. The van der Waals surface area contributed by atoms with Gasteiger partial charge in [-0.25, -0.2) is 9.97 Å². The van der Waals surface area contributed by atoms with Crippen LogP contribution in [-0.4, -0.2) is 29.8 Å². The van der Waals surface area contributed by atoms with Gasteiger partial charge in [-0.3, -0.25) is 4.98 Å². The highest BCUT2D eigenvalue weighted by Gasteiger charge is 2.09. The summed E-state index contributed by atoms with van der Waals surface area (Å²) in [5, 5.41) is 11.5. The summed E-state index contributed by atoms with van der Waals surface area (Å²) in [6.45, 7) is 0. The van der Waals surface area contributed by atoms with Gasteiger partial charge in [0.1, 0.15) is 0 Å². The number of hydrogen-bond acceptors (Lipinski definition) is 6. The molecular weight excluding hydrogens is 278 g/mol. The molecule has 22 heavy (non-hydrogen) atoms. The Morgan fingerprint density at radius 2 is 1.82 bits per heavy atom. The highest BCUT2D eigenvalue weighted by Crippen LogP contribution is 2.23. The van der Waals surface area contributed by atoms with Gasteiger partial charge in [-0.05, 0) is 30.3 Å². The lowest BCUT2D eigenvalue weighted by atomic mass is 10.2. The quantitative estimate of drug-likeness (QED) is 0.623. The second-order valence-corrected chi connectivity index (χ2v) is 4.58. The van der Waals surface area contributed by atoms with Gasteiger partial charge in [0.05, 0.1) is 17.4 Å². The lowest BCUT2D eigenvalue weighted by Gasteiger charge is -2.05. The first-order valence-electron chi connectivity index (χ1n) is 6.70. The number of hydrogen-bond donors (Lipinski definition) is 1. The third-order valence-corrected chi connectivity index (χ3v) is 3.17. The maximum atomic E-state index is 4.54. The molecule has 106 valence electrons. The summed E-state index contributed by atoms with van der Waals surface area (Å²) in [6.07, 6.45) is 8.58. The molecular formula is C15H11N7. The number of anilines is 2. The SMILES string of the molecule is c1cnn2ncc(-c3ccnc(Nc4ccncc4)n3)c2c1. The van der Waals surface area contributed by atoms with E-state index in [0.717, 1.165) is 22.5 Å². The largest absolute Gasteiger partial charge is 0.324 e. The molecule has 0 saturated heterocycles. The molecule has 4 aromatic heterocycles. The van der Waals surface area contributed by atoms with E-state index in [-0.39, 0.29) is 0 Å². The molecule has 0 saturated carbocycles. The van der Waals surface area contributed by atoms with E-state index >= 15 is 0 Å². The van der Waals surface area contributed by atoms with Crippen LogP contribution < -0.4 is 5.32 Å². The third-order valence-electron chi connectivity index (χ3n) is 3.17. The van der Waals surface area contributed by atoms with E-state index in [1.807, 2.05) is 30.3 Å². The van der Waals surface area contributed by atoms with Crippen molar-refractivity contribution in [1.29, 1.82) is 0 Å². The molecule has 0 bridgehead atoms. The number of nitrogens with zero attached hydrogens (tertiary/aromatic N) is 6. The van der Waals surface area contributed by atoms with Crippen LogP contribution in [0, 0.1) is 0 Å². The number of rotatable bonds is 3. The zero-order valence-corrected chi connectivity index (χ0v) is 11.5. The summed E-state index contributed by atoms with van der Waals surface area (Å²) in [7, 11) is 0. The van der Waals surface area contributed by atoms with Crippen molar-refractivity contribution >= 4 is 17.2 Å². The molecule has 0 amide bonds. The molecule has 0 aromatic carbocycles. The fraction of sp³-hybridized carbons (Fsp3) is 0. The van der Waals surface area contributed by atoms with Crippen LogP contribution in [0.3, 0.4) is 0 Å². The summed E-state index contributed by atoms with van der Waals surface area (Å²) in [5.74, 6) is 0.520. The van der Waals surface area contributed by atoms with Gasteiger partial charge in [0, 0.05) is 36.0 Å². The smallest absolute Gasteiger partial charge is 0.227 e. The Hall–Kier alpha value is -3.35. The van der Waals surface area contributed by atoms with Crippen molar-refractivity contribution in [3.63, 3.8) is 0 Å². The zero-order valence-electron chi connectivity index (χ0n) is 11.5. The third kappa shape index (κ3) is 2.24. The minimum absolute atomic E-state index is 0.520. The van der Waals surface area contributed by atoms with Crippen molar-refractivity contribution in [3.8, 4) is 11.3 Å². The second-order valence-electron chi connectivity index (χ2n) is 4.58. The van der Waals surface area contributed by atoms with Crippen LogP contribution in [0.1, 0.15) is 0 Å². The maximum Gasteiger partial charge on any atom is 0.227 e. The van der Waals surface area contributed by atoms with Crippen LogP contribution >= 0.6 is 0 Å². The van der Waals surface area contributed by atoms with Gasteiger partial charge in [0.2, 0.25) is 5.95 Å². The van der Waals surface area contributed by atoms with Crippen LogP contribution in [0.4, 0.5) is 11.6 Å². The first-order chi connectivity index (χ1) is 10.9. The molecule has 0 aliphatic rings. The summed E-state index contributed by atoms with van der Waals surface area (Å²) in [5.41, 5.74) is 3.48. The highest BCUT2D eigenvalue weighted by atomic mass is 15.4. The molecule has 7 heteroatoms. The number of nitrogens with one attached hydrogen (secondary N) is 1. The predicted molar refractivity (Wildman–Crippen MR) is 81.5 cm³/mol. The van der Waals surface area contributed by atoms with Gasteiger partial charge < -0.3 is 5.32 Å². The molecule has 1 N–H and O–H groups in total. The van der Waals surface area contributed by atoms with Gasteiger partial charge in [0.15, 0.2) is 0 Å². The molecule has 4 rings (SSSR count). The van der Waals surface area contributed by atoms with E-state index in [0.29, 0.717) is 5.95 Å². The van der Waals surface area contributed by atoms with Gasteiger partial charge in [0.25, 0.3) is 0 Å². The fourth-order valence-electron chi connectivity index (χ4n) is 2.16. The lowest BCUT2D eigenvalue weighted by molar-refractivity contribution is 0.800. The standard InChI is InChI=1S/C15H11N7/c1-2-14-12(10-19-22(14)18-6-1)13-5-9-17-15(21-13)20-11-3-7-16-8-4-11/h1-10H,(H,16,17,20,21). The van der Waals surface area contributed by atoms with Crippen molar-refractivity contribution in [3.05, 3.63) is 61.3 Å². The Kier molecular flexibility index (Phi) is 2.93. The Bertz CT molecular complexity index is 917. The Balaban J connectivity index is 1.73. The molecule has 4 heterocycles. The van der Waals surface area contributed by atoms with Crippen molar-refractivity contribution in [2.24, 2.45) is 0 Å². The Labute approximate surface area is 125 Å². The minimum atomic E-state index is 0.520. The molecule has 0 radical (unpaired) electrons. The van der Waals surface area contributed by atoms with Crippen LogP contribution in [0.25, 0.3) is 16.8 Å². The Morgan fingerprint density at radius 3 is 2.73 bits per heavy atom. The monoisotopic (exact) mass is 289 g/mol. The second kappa shape index (κ2) is 5.21. The first kappa shape index (κ1) is 12.4. The number of aromatic nitrogens is 6. The van der Waals surface area contributed by atoms with Crippen LogP contribution in [0.2, 0.25) is 0 Å². The average molecular weight is 289 g/mol. The van der Waals surface area contributed by atoms with E-state index < -0.39 is 0 Å². The van der Waals surface area contributed by atoms with Crippen molar-refractivity contribution in [1.82, 2.24) is 29.8 Å². The van der Waals surface area contributed by atoms with Crippen molar-refractivity contribution < 1.29 is 0 Å². The van der Waals surface area contributed by atoms with E-state index in [1.54, 1.807) is 35.6 Å². The number of fused-ring (bicyclic) bond motifs is 1. The summed E-state index contributed by atoms with van der Waals surface area (Å²) >= 11 is 0. The molecule has 0 fully saturated rings. The minimum Gasteiger partial charge on any atom is -0.324 e. The highest BCUT2D eigenvalue weighted by molar-refractivity contribution is 5.77. The van der Waals surface area contributed by atoms with Gasteiger partial charge in [-0.2, -0.15) is 14.8 Å². The molecule has 0 aliphatic heterocycles. The van der Waals surface area contributed by atoms with E-state index in [4.69, 9.17) is 0 Å². The average Bonchev–Trinajstić information content (AvgIpc) is 3.00. The summed E-state index contributed by atoms with van der Waals surface area (Å²) in [4.78, 5) is 12.8. The maximum absolute atomic E-state index is 4.54. The summed E-state index contributed by atoms with van der Waals surface area (Å²) in [6, 6.07) is 9.39. The molecule has 0 unspecified atom stereocenters. The van der Waals surface area contributed by atoms with Gasteiger partial charge in [-0.15, -0.1) is 0 Å². The molecule has 0 spiro atoms. The fourth-order valence-corrected chi connectivity index (χ4v) is 2.16. The van der Waals surface area contributed by atoms with Crippen LogP contribution in [0.15, 0.2) is 61.3 Å². The summed E-state index contributed by atoms with van der Waals surface area (Å²) < 4.78 is 1.58. The number of pyridine rings is 1. The van der Waals surface area contributed by atoms with E-state index in [1.165, 1.54) is 0 Å².